The first-order valence-corrected chi connectivity index (χ1v) is 9.53. The number of rotatable bonds is 4. The van der Waals surface area contributed by atoms with Crippen molar-refractivity contribution in [3.63, 3.8) is 0 Å². The summed E-state index contributed by atoms with van der Waals surface area (Å²) in [5.41, 5.74) is 3.19. The fourth-order valence-electron chi connectivity index (χ4n) is 4.04. The summed E-state index contributed by atoms with van der Waals surface area (Å²) in [7, 11) is 3.28. The Labute approximate surface area is 164 Å². The van der Waals surface area contributed by atoms with E-state index in [-0.39, 0.29) is 11.5 Å². The van der Waals surface area contributed by atoms with E-state index in [0.717, 1.165) is 41.1 Å². The van der Waals surface area contributed by atoms with E-state index in [1.807, 2.05) is 34.7 Å². The van der Waals surface area contributed by atoms with Crippen LogP contribution in [-0.4, -0.2) is 58.7 Å². The van der Waals surface area contributed by atoms with Crippen LogP contribution in [0.25, 0.3) is 0 Å². The second-order valence-electron chi connectivity index (χ2n) is 7.52. The standard InChI is InChI=1S/C20H26N4O4/c1-14-10-15(27-3)4-5-16(14)19(25)23-8-6-20(7-9-23)13-24-18(12-28-20)17(11-26-2)21-22-24/h4-5,10H,6-9,11-13H2,1-3H3. The maximum atomic E-state index is 13.0. The number of carbonyl (C=O) groups is 1. The Morgan fingerprint density at radius 1 is 1.29 bits per heavy atom. The van der Waals surface area contributed by atoms with Crippen LogP contribution in [0.15, 0.2) is 18.2 Å². The van der Waals surface area contributed by atoms with E-state index in [9.17, 15) is 4.79 Å². The third-order valence-electron chi connectivity index (χ3n) is 5.78. The first kappa shape index (κ1) is 18.9. The van der Waals surface area contributed by atoms with Gasteiger partial charge in [0.25, 0.3) is 5.91 Å². The third-order valence-corrected chi connectivity index (χ3v) is 5.78. The lowest BCUT2D eigenvalue weighted by Gasteiger charge is -2.43. The number of benzene rings is 1. The first-order valence-electron chi connectivity index (χ1n) is 9.53. The summed E-state index contributed by atoms with van der Waals surface area (Å²) < 4.78 is 18.6. The molecule has 0 unspecified atom stereocenters. The van der Waals surface area contributed by atoms with E-state index >= 15 is 0 Å². The molecule has 0 bridgehead atoms. The number of amides is 1. The number of likely N-dealkylation sites (tertiary alicyclic amines) is 1. The van der Waals surface area contributed by atoms with E-state index in [0.29, 0.717) is 32.8 Å². The van der Waals surface area contributed by atoms with Crippen molar-refractivity contribution in [1.82, 2.24) is 19.9 Å². The Morgan fingerprint density at radius 3 is 2.75 bits per heavy atom. The molecular weight excluding hydrogens is 360 g/mol. The van der Waals surface area contributed by atoms with Crippen molar-refractivity contribution in [1.29, 1.82) is 0 Å². The molecule has 0 N–H and O–H groups in total. The highest BCUT2D eigenvalue weighted by Crippen LogP contribution is 2.34. The van der Waals surface area contributed by atoms with Crippen molar-refractivity contribution >= 4 is 5.91 Å². The Balaban J connectivity index is 1.42. The number of hydrogen-bond acceptors (Lipinski definition) is 6. The van der Waals surface area contributed by atoms with Gasteiger partial charge in [-0.1, -0.05) is 5.21 Å². The molecule has 1 spiro atoms. The highest BCUT2D eigenvalue weighted by Gasteiger charge is 2.41. The molecule has 1 saturated heterocycles. The number of carbonyl (C=O) groups excluding carboxylic acids is 1. The van der Waals surface area contributed by atoms with Crippen LogP contribution in [0.5, 0.6) is 5.75 Å². The second-order valence-corrected chi connectivity index (χ2v) is 7.52. The highest BCUT2D eigenvalue weighted by atomic mass is 16.5. The minimum absolute atomic E-state index is 0.0645. The molecule has 1 fully saturated rings. The lowest BCUT2D eigenvalue weighted by molar-refractivity contribution is -0.120. The van der Waals surface area contributed by atoms with Gasteiger partial charge < -0.3 is 19.1 Å². The Hall–Kier alpha value is -2.45. The van der Waals surface area contributed by atoms with Gasteiger partial charge in [-0.05, 0) is 43.5 Å². The zero-order valence-electron chi connectivity index (χ0n) is 16.6. The quantitative estimate of drug-likeness (QED) is 0.799. The molecule has 2 aromatic rings. The van der Waals surface area contributed by atoms with Crippen molar-refractivity contribution in [3.8, 4) is 5.75 Å². The number of hydrogen-bond donors (Lipinski definition) is 0. The third kappa shape index (κ3) is 3.38. The van der Waals surface area contributed by atoms with Crippen molar-refractivity contribution in [2.45, 2.75) is 45.1 Å². The lowest BCUT2D eigenvalue weighted by atomic mass is 9.89. The van der Waals surface area contributed by atoms with Gasteiger partial charge in [0.15, 0.2) is 0 Å². The predicted octanol–water partition coefficient (Wildman–Crippen LogP) is 1.95. The van der Waals surface area contributed by atoms with Crippen molar-refractivity contribution in [2.24, 2.45) is 0 Å². The van der Waals surface area contributed by atoms with Gasteiger partial charge >= 0.3 is 0 Å². The van der Waals surface area contributed by atoms with Gasteiger partial charge in [-0.2, -0.15) is 0 Å². The van der Waals surface area contributed by atoms with Gasteiger partial charge in [-0.3, -0.25) is 4.79 Å². The highest BCUT2D eigenvalue weighted by molar-refractivity contribution is 5.95. The number of aromatic nitrogens is 3. The minimum Gasteiger partial charge on any atom is -0.497 e. The second kappa shape index (κ2) is 7.52. The molecule has 1 amide bonds. The molecule has 150 valence electrons. The molecule has 8 heteroatoms. The molecule has 1 aromatic carbocycles. The Bertz CT molecular complexity index is 871. The molecule has 28 heavy (non-hydrogen) atoms. The van der Waals surface area contributed by atoms with E-state index in [4.69, 9.17) is 14.2 Å². The van der Waals surface area contributed by atoms with Crippen molar-refractivity contribution in [3.05, 3.63) is 40.7 Å². The number of fused-ring (bicyclic) bond motifs is 1. The average Bonchev–Trinajstić information content (AvgIpc) is 3.10. The van der Waals surface area contributed by atoms with Crippen LogP contribution in [0, 0.1) is 6.92 Å². The molecule has 0 radical (unpaired) electrons. The van der Waals surface area contributed by atoms with Crippen LogP contribution in [0.2, 0.25) is 0 Å². The molecule has 1 aromatic heterocycles. The summed E-state index contributed by atoms with van der Waals surface area (Å²) in [5, 5.41) is 8.47. The smallest absolute Gasteiger partial charge is 0.254 e. The molecule has 4 rings (SSSR count). The van der Waals surface area contributed by atoms with Gasteiger partial charge in [0, 0.05) is 25.8 Å². The number of piperidine rings is 1. The molecule has 8 nitrogen and oxygen atoms in total. The monoisotopic (exact) mass is 386 g/mol. The number of aryl methyl sites for hydroxylation is 1. The zero-order chi connectivity index (χ0) is 19.7. The van der Waals surface area contributed by atoms with Crippen LogP contribution in [0.3, 0.4) is 0 Å². The lowest BCUT2D eigenvalue weighted by Crippen LogP contribution is -2.52. The van der Waals surface area contributed by atoms with E-state index in [1.54, 1.807) is 14.2 Å². The molecule has 2 aliphatic heterocycles. The van der Waals surface area contributed by atoms with Crippen LogP contribution < -0.4 is 4.74 Å². The predicted molar refractivity (Wildman–Crippen MR) is 101 cm³/mol. The van der Waals surface area contributed by atoms with Crippen LogP contribution in [-0.2, 0) is 29.2 Å². The average molecular weight is 386 g/mol. The summed E-state index contributed by atoms with van der Waals surface area (Å²) in [6, 6.07) is 5.57. The van der Waals surface area contributed by atoms with Gasteiger partial charge in [0.2, 0.25) is 0 Å². The minimum atomic E-state index is -0.281. The normalized spacial score (nSPS) is 18.2. The fourth-order valence-corrected chi connectivity index (χ4v) is 4.04. The number of ether oxygens (including phenoxy) is 3. The molecule has 2 aliphatic rings. The topological polar surface area (TPSA) is 78.7 Å². The maximum absolute atomic E-state index is 13.0. The van der Waals surface area contributed by atoms with Crippen molar-refractivity contribution in [2.75, 3.05) is 27.3 Å². The maximum Gasteiger partial charge on any atom is 0.254 e. The summed E-state index contributed by atoms with van der Waals surface area (Å²) in [6.45, 7) is 4.86. The van der Waals surface area contributed by atoms with E-state index in [2.05, 4.69) is 10.3 Å². The van der Waals surface area contributed by atoms with Gasteiger partial charge in [0.05, 0.1) is 38.2 Å². The number of methoxy groups -OCH3 is 2. The number of nitrogens with zero attached hydrogens (tertiary/aromatic N) is 4. The SMILES string of the molecule is COCc1nnn2c1COC1(CCN(C(=O)c3ccc(OC)cc3C)CC1)C2. The van der Waals surface area contributed by atoms with Gasteiger partial charge in [0.1, 0.15) is 11.4 Å². The fraction of sp³-hybridized carbons (Fsp3) is 0.550. The van der Waals surface area contributed by atoms with E-state index in [1.165, 1.54) is 0 Å². The molecule has 0 saturated carbocycles. The first-order chi connectivity index (χ1) is 13.5. The van der Waals surface area contributed by atoms with E-state index < -0.39 is 0 Å². The molecule has 3 heterocycles. The van der Waals surface area contributed by atoms with Crippen LogP contribution >= 0.6 is 0 Å². The molecule has 0 aliphatic carbocycles. The molecular formula is C20H26N4O4. The van der Waals surface area contributed by atoms with Crippen molar-refractivity contribution < 1.29 is 19.0 Å². The van der Waals surface area contributed by atoms with Gasteiger partial charge in [-0.25, -0.2) is 4.68 Å². The van der Waals surface area contributed by atoms with Crippen LogP contribution in [0.4, 0.5) is 0 Å². The largest absolute Gasteiger partial charge is 0.497 e. The van der Waals surface area contributed by atoms with Gasteiger partial charge in [-0.15, -0.1) is 5.10 Å². The summed E-state index contributed by atoms with van der Waals surface area (Å²) >= 11 is 0. The Morgan fingerprint density at radius 2 is 2.07 bits per heavy atom. The summed E-state index contributed by atoms with van der Waals surface area (Å²) in [5.74, 6) is 0.827. The summed E-state index contributed by atoms with van der Waals surface area (Å²) in [6.07, 6.45) is 1.57. The summed E-state index contributed by atoms with van der Waals surface area (Å²) in [4.78, 5) is 14.9. The molecule has 0 atom stereocenters. The zero-order valence-corrected chi connectivity index (χ0v) is 16.6. The van der Waals surface area contributed by atoms with Crippen LogP contribution in [0.1, 0.15) is 40.2 Å². The Kier molecular flexibility index (Phi) is 5.07.